The lowest BCUT2D eigenvalue weighted by atomic mass is 9.94. The summed E-state index contributed by atoms with van der Waals surface area (Å²) in [6.07, 6.45) is 2.37. The number of para-hydroxylation sites is 1. The Morgan fingerprint density at radius 3 is 2.54 bits per heavy atom. The molecule has 3 aliphatic rings. The molecule has 0 N–H and O–H groups in total. The third-order valence-electron chi connectivity index (χ3n) is 5.71. The first-order valence-electron chi connectivity index (χ1n) is 9.38. The van der Waals surface area contributed by atoms with Gasteiger partial charge in [0, 0.05) is 36.8 Å². The molecule has 3 heterocycles. The molecule has 2 bridgehead atoms. The van der Waals surface area contributed by atoms with Gasteiger partial charge in [-0.15, -0.1) is 0 Å². The molecule has 4 nitrogen and oxygen atoms in total. The van der Waals surface area contributed by atoms with Crippen LogP contribution in [0.4, 0.5) is 0 Å². The van der Waals surface area contributed by atoms with Gasteiger partial charge in [0.15, 0.2) is 0 Å². The van der Waals surface area contributed by atoms with Gasteiger partial charge in [-0.3, -0.25) is 4.79 Å². The van der Waals surface area contributed by atoms with Crippen molar-refractivity contribution >= 4 is 5.91 Å². The molecule has 4 heteroatoms. The molecule has 0 spiro atoms. The molecular formula is C22H26N2O2. The molecule has 3 fully saturated rings. The van der Waals surface area contributed by atoms with Crippen molar-refractivity contribution < 1.29 is 9.53 Å². The first kappa shape index (κ1) is 17.1. The summed E-state index contributed by atoms with van der Waals surface area (Å²) in [5.74, 6) is 1.62. The van der Waals surface area contributed by atoms with Gasteiger partial charge in [0.2, 0.25) is 0 Å². The summed E-state index contributed by atoms with van der Waals surface area (Å²) in [6, 6.07) is 16.3. The summed E-state index contributed by atoms with van der Waals surface area (Å²) in [7, 11) is 3.85. The molecular weight excluding hydrogens is 324 g/mol. The van der Waals surface area contributed by atoms with E-state index in [1.54, 1.807) is 7.11 Å². The fourth-order valence-electron chi connectivity index (χ4n) is 4.41. The Kier molecular flexibility index (Phi) is 4.68. The molecule has 3 aliphatic heterocycles. The predicted molar refractivity (Wildman–Crippen MR) is 103 cm³/mol. The molecule has 0 aromatic heterocycles. The summed E-state index contributed by atoms with van der Waals surface area (Å²) in [5.41, 5.74) is 2.89. The maximum absolute atomic E-state index is 13.1. The van der Waals surface area contributed by atoms with Crippen LogP contribution in [0.3, 0.4) is 0 Å². The maximum atomic E-state index is 13.1. The van der Waals surface area contributed by atoms with Gasteiger partial charge in [-0.25, -0.2) is 0 Å². The van der Waals surface area contributed by atoms with Crippen molar-refractivity contribution in [1.82, 2.24) is 9.80 Å². The molecule has 0 aliphatic carbocycles. The van der Waals surface area contributed by atoms with E-state index in [0.717, 1.165) is 48.5 Å². The number of carbonyl (C=O) groups is 1. The number of fused-ring (bicyclic) bond motifs is 4. The molecule has 136 valence electrons. The number of rotatable bonds is 3. The van der Waals surface area contributed by atoms with Gasteiger partial charge in [-0.05, 0) is 49.6 Å². The van der Waals surface area contributed by atoms with Crippen molar-refractivity contribution in [3.05, 3.63) is 54.1 Å². The highest BCUT2D eigenvalue weighted by Gasteiger charge is 2.36. The number of likely N-dealkylation sites (N-methyl/N-ethyl adjacent to an activating group) is 1. The molecule has 2 aromatic carbocycles. The Bertz CT molecular complexity index is 787. The van der Waals surface area contributed by atoms with E-state index in [4.69, 9.17) is 4.74 Å². The topological polar surface area (TPSA) is 32.8 Å². The van der Waals surface area contributed by atoms with Crippen LogP contribution in [0.25, 0.3) is 11.1 Å². The third-order valence-corrected chi connectivity index (χ3v) is 5.71. The van der Waals surface area contributed by atoms with Crippen molar-refractivity contribution in [3.8, 4) is 16.9 Å². The summed E-state index contributed by atoms with van der Waals surface area (Å²) in [5, 5.41) is 0. The fourth-order valence-corrected chi connectivity index (χ4v) is 4.41. The van der Waals surface area contributed by atoms with Gasteiger partial charge in [0.25, 0.3) is 5.91 Å². The van der Waals surface area contributed by atoms with E-state index in [1.165, 1.54) is 6.42 Å². The van der Waals surface area contributed by atoms with Gasteiger partial charge in [-0.1, -0.05) is 30.3 Å². The normalized spacial score (nSPS) is 22.9. The number of piperidine rings is 1. The average Bonchev–Trinajstić information content (AvgIpc) is 2.96. The summed E-state index contributed by atoms with van der Waals surface area (Å²) in [6.45, 7) is 2.98. The Morgan fingerprint density at radius 1 is 1.00 bits per heavy atom. The van der Waals surface area contributed by atoms with E-state index in [-0.39, 0.29) is 5.91 Å². The van der Waals surface area contributed by atoms with E-state index in [0.29, 0.717) is 12.0 Å². The van der Waals surface area contributed by atoms with E-state index in [2.05, 4.69) is 16.8 Å². The highest BCUT2D eigenvalue weighted by Crippen LogP contribution is 2.31. The van der Waals surface area contributed by atoms with Crippen LogP contribution in [-0.4, -0.2) is 55.5 Å². The second-order valence-electron chi connectivity index (χ2n) is 7.55. The number of ether oxygens (including phenoxy) is 1. The predicted octanol–water partition coefficient (Wildman–Crippen LogP) is 3.53. The SMILES string of the molecule is COc1ccccc1-c1ccc(C(=O)N2C[C@H]3CC[C@@H]2CN(C)C3)cc1. The van der Waals surface area contributed by atoms with Crippen molar-refractivity contribution in [1.29, 1.82) is 0 Å². The van der Waals surface area contributed by atoms with E-state index < -0.39 is 0 Å². The van der Waals surface area contributed by atoms with Gasteiger partial charge in [0.05, 0.1) is 7.11 Å². The Morgan fingerprint density at radius 2 is 1.77 bits per heavy atom. The van der Waals surface area contributed by atoms with E-state index in [1.807, 2.05) is 48.5 Å². The second kappa shape index (κ2) is 7.12. The van der Waals surface area contributed by atoms with Crippen LogP contribution < -0.4 is 4.74 Å². The van der Waals surface area contributed by atoms with Gasteiger partial charge < -0.3 is 14.5 Å². The van der Waals surface area contributed by atoms with Gasteiger partial charge in [-0.2, -0.15) is 0 Å². The monoisotopic (exact) mass is 350 g/mol. The zero-order chi connectivity index (χ0) is 18.1. The molecule has 2 aromatic rings. The molecule has 5 rings (SSSR count). The average molecular weight is 350 g/mol. The molecule has 0 saturated carbocycles. The van der Waals surface area contributed by atoms with Crippen molar-refractivity contribution in [2.45, 2.75) is 18.9 Å². The summed E-state index contributed by atoms with van der Waals surface area (Å²) >= 11 is 0. The Labute approximate surface area is 155 Å². The van der Waals surface area contributed by atoms with Crippen LogP contribution in [0, 0.1) is 5.92 Å². The molecule has 1 amide bonds. The van der Waals surface area contributed by atoms with Crippen molar-refractivity contribution in [3.63, 3.8) is 0 Å². The van der Waals surface area contributed by atoms with E-state index in [9.17, 15) is 4.79 Å². The minimum atomic E-state index is 0.168. The minimum Gasteiger partial charge on any atom is -0.496 e. The zero-order valence-corrected chi connectivity index (χ0v) is 15.5. The highest BCUT2D eigenvalue weighted by atomic mass is 16.5. The van der Waals surface area contributed by atoms with Gasteiger partial charge >= 0.3 is 0 Å². The Hall–Kier alpha value is -2.33. The molecule has 0 radical (unpaired) electrons. The van der Waals surface area contributed by atoms with Crippen LogP contribution >= 0.6 is 0 Å². The zero-order valence-electron chi connectivity index (χ0n) is 15.5. The Balaban J connectivity index is 1.56. The van der Waals surface area contributed by atoms with Crippen molar-refractivity contribution in [2.24, 2.45) is 5.92 Å². The number of hydrogen-bond acceptors (Lipinski definition) is 3. The smallest absolute Gasteiger partial charge is 0.254 e. The highest BCUT2D eigenvalue weighted by molar-refractivity contribution is 5.95. The van der Waals surface area contributed by atoms with Crippen LogP contribution in [-0.2, 0) is 0 Å². The minimum absolute atomic E-state index is 0.168. The first-order valence-corrected chi connectivity index (χ1v) is 9.38. The van der Waals surface area contributed by atoms with Crippen LogP contribution in [0.1, 0.15) is 23.2 Å². The number of carbonyl (C=O) groups excluding carboxylic acids is 1. The number of nitrogens with zero attached hydrogens (tertiary/aromatic N) is 2. The summed E-state index contributed by atoms with van der Waals surface area (Å²) < 4.78 is 5.45. The van der Waals surface area contributed by atoms with Crippen molar-refractivity contribution in [2.75, 3.05) is 33.8 Å². The largest absolute Gasteiger partial charge is 0.496 e. The van der Waals surface area contributed by atoms with Crippen LogP contribution in [0.5, 0.6) is 5.75 Å². The number of methoxy groups -OCH3 is 1. The molecule has 2 atom stereocenters. The lowest BCUT2D eigenvalue weighted by molar-refractivity contribution is 0.0587. The quantitative estimate of drug-likeness (QED) is 0.849. The molecule has 3 saturated heterocycles. The van der Waals surface area contributed by atoms with Gasteiger partial charge in [0.1, 0.15) is 5.75 Å². The van der Waals surface area contributed by atoms with Crippen LogP contribution in [0.2, 0.25) is 0 Å². The maximum Gasteiger partial charge on any atom is 0.254 e. The summed E-state index contributed by atoms with van der Waals surface area (Å²) in [4.78, 5) is 17.6. The first-order chi connectivity index (χ1) is 12.7. The molecule has 0 unspecified atom stereocenters. The standard InChI is InChI=1S/C22H26N2O2/c1-23-13-16-7-12-19(15-23)24(14-16)22(25)18-10-8-17(9-11-18)20-5-3-4-6-21(20)26-2/h3-6,8-11,16,19H,7,12-15H2,1-2H3/t16-,19+/m0/s1. The van der Waals surface area contributed by atoms with Crippen LogP contribution in [0.15, 0.2) is 48.5 Å². The third kappa shape index (κ3) is 3.21. The number of benzene rings is 2. The number of hydrogen-bond donors (Lipinski definition) is 0. The lowest BCUT2D eigenvalue weighted by Gasteiger charge is -2.36. The van der Waals surface area contributed by atoms with E-state index >= 15 is 0 Å². The lowest BCUT2D eigenvalue weighted by Crippen LogP contribution is -2.47. The molecule has 26 heavy (non-hydrogen) atoms. The fraction of sp³-hybridized carbons (Fsp3) is 0.409. The second-order valence-corrected chi connectivity index (χ2v) is 7.55. The number of amides is 1.